The van der Waals surface area contributed by atoms with Gasteiger partial charge in [0.1, 0.15) is 0 Å². The summed E-state index contributed by atoms with van der Waals surface area (Å²) in [6.45, 7) is 16.8. The van der Waals surface area contributed by atoms with E-state index in [9.17, 15) is 0 Å². The van der Waals surface area contributed by atoms with Gasteiger partial charge in [0.15, 0.2) is 0 Å². The zero-order valence-electron chi connectivity index (χ0n) is 14.8. The molecule has 21 heavy (non-hydrogen) atoms. The summed E-state index contributed by atoms with van der Waals surface area (Å²) in [5.74, 6) is 14.5. The standard InChI is InChI=1S/4C5H7.Sn/c4*1-4-5(2)3;/h4*5H,2-3H3;. The fraction of sp³-hybridized carbons (Fsp3) is 0.600. The second-order valence-electron chi connectivity index (χ2n) is 6.45. The Morgan fingerprint density at radius 2 is 0.619 bits per heavy atom. The van der Waals surface area contributed by atoms with E-state index in [1.54, 1.807) is 0 Å². The van der Waals surface area contributed by atoms with Crippen molar-refractivity contribution in [2.75, 3.05) is 0 Å². The van der Waals surface area contributed by atoms with Gasteiger partial charge in [0.05, 0.1) is 0 Å². The van der Waals surface area contributed by atoms with E-state index in [0.717, 1.165) is 0 Å². The molecule has 0 saturated carbocycles. The van der Waals surface area contributed by atoms with Gasteiger partial charge in [-0.2, -0.15) is 0 Å². The van der Waals surface area contributed by atoms with Crippen LogP contribution in [0.3, 0.4) is 0 Å². The molecule has 0 amide bonds. The van der Waals surface area contributed by atoms with Crippen LogP contribution in [-0.2, 0) is 0 Å². The molecular weight excluding hydrogens is 359 g/mol. The number of hydrogen-bond acceptors (Lipinski definition) is 0. The molecule has 0 atom stereocenters. The van der Waals surface area contributed by atoms with Crippen molar-refractivity contribution in [1.82, 2.24) is 0 Å². The van der Waals surface area contributed by atoms with Crippen LogP contribution >= 0.6 is 0 Å². The molecule has 0 aromatic carbocycles. The first-order chi connectivity index (χ1) is 9.67. The van der Waals surface area contributed by atoms with Gasteiger partial charge in [-0.05, 0) is 0 Å². The van der Waals surface area contributed by atoms with Crippen LogP contribution in [0, 0.1) is 63.1 Å². The minimum atomic E-state index is -3.35. The second-order valence-corrected chi connectivity index (χ2v) is 13.6. The second kappa shape index (κ2) is 9.88. The van der Waals surface area contributed by atoms with Crippen molar-refractivity contribution in [3.63, 3.8) is 0 Å². The minimum absolute atomic E-state index is 0.337. The van der Waals surface area contributed by atoms with E-state index in [0.29, 0.717) is 23.7 Å². The molecule has 0 radical (unpaired) electrons. The summed E-state index contributed by atoms with van der Waals surface area (Å²) < 4.78 is 13.8. The van der Waals surface area contributed by atoms with Crippen LogP contribution in [0.15, 0.2) is 0 Å². The Kier molecular flexibility index (Phi) is 9.43. The average molecular weight is 387 g/mol. The Balaban J connectivity index is 6.02. The summed E-state index contributed by atoms with van der Waals surface area (Å²) in [7, 11) is 0. The third kappa shape index (κ3) is 10.4. The normalized spacial score (nSPS) is 10.1. The van der Waals surface area contributed by atoms with E-state index < -0.39 is 18.4 Å². The predicted molar refractivity (Wildman–Crippen MR) is 96.2 cm³/mol. The van der Waals surface area contributed by atoms with E-state index in [2.05, 4.69) is 94.8 Å². The zero-order valence-corrected chi connectivity index (χ0v) is 17.7. The van der Waals surface area contributed by atoms with Gasteiger partial charge in [-0.1, -0.05) is 0 Å². The molecule has 0 aromatic rings. The topological polar surface area (TPSA) is 0 Å². The molecule has 0 aromatic heterocycles. The van der Waals surface area contributed by atoms with Crippen molar-refractivity contribution in [3.8, 4) is 39.4 Å². The van der Waals surface area contributed by atoms with E-state index in [4.69, 9.17) is 0 Å². The first-order valence-corrected chi connectivity index (χ1v) is 13.5. The van der Waals surface area contributed by atoms with E-state index >= 15 is 0 Å². The molecule has 0 aliphatic rings. The van der Waals surface area contributed by atoms with Crippen LogP contribution in [0.2, 0.25) is 0 Å². The molecule has 112 valence electrons. The van der Waals surface area contributed by atoms with Crippen LogP contribution in [-0.4, -0.2) is 18.4 Å². The van der Waals surface area contributed by atoms with E-state index in [-0.39, 0.29) is 0 Å². The van der Waals surface area contributed by atoms with Crippen molar-refractivity contribution in [2.24, 2.45) is 23.7 Å². The summed E-state index contributed by atoms with van der Waals surface area (Å²) in [6.07, 6.45) is 0. The monoisotopic (exact) mass is 388 g/mol. The summed E-state index contributed by atoms with van der Waals surface area (Å²) in [5.41, 5.74) is 0. The maximum atomic E-state index is 3.44. The Hall–Kier alpha value is -0.961. The quantitative estimate of drug-likeness (QED) is 0.431. The van der Waals surface area contributed by atoms with Gasteiger partial charge in [-0.15, -0.1) is 0 Å². The van der Waals surface area contributed by atoms with Gasteiger partial charge in [-0.25, -0.2) is 0 Å². The Bertz CT molecular complexity index is 451. The van der Waals surface area contributed by atoms with Gasteiger partial charge in [0.2, 0.25) is 0 Å². The average Bonchev–Trinajstić information content (AvgIpc) is 2.36. The first-order valence-electron chi connectivity index (χ1n) is 7.77. The fourth-order valence-electron chi connectivity index (χ4n) is 1.20. The molecule has 0 aliphatic carbocycles. The van der Waals surface area contributed by atoms with E-state index in [1.807, 2.05) is 0 Å². The van der Waals surface area contributed by atoms with Gasteiger partial charge in [0.25, 0.3) is 0 Å². The molecule has 0 fully saturated rings. The molecule has 0 nitrogen and oxygen atoms in total. The van der Waals surface area contributed by atoms with E-state index in [1.165, 1.54) is 0 Å². The summed E-state index contributed by atoms with van der Waals surface area (Å²) >= 11 is -3.35. The molecule has 0 bridgehead atoms. The van der Waals surface area contributed by atoms with Gasteiger partial charge >= 0.3 is 137 Å². The van der Waals surface area contributed by atoms with Crippen molar-refractivity contribution < 1.29 is 0 Å². The van der Waals surface area contributed by atoms with Crippen LogP contribution < -0.4 is 0 Å². The Morgan fingerprint density at radius 3 is 0.762 bits per heavy atom. The van der Waals surface area contributed by atoms with Crippen molar-refractivity contribution >= 4 is 18.4 Å². The fourth-order valence-corrected chi connectivity index (χ4v) is 8.04. The molecule has 0 heterocycles. The molecular formula is C20H28Sn. The third-order valence-corrected chi connectivity index (χ3v) is 8.12. The third-order valence-electron chi connectivity index (χ3n) is 2.19. The van der Waals surface area contributed by atoms with Gasteiger partial charge in [-0.3, -0.25) is 0 Å². The molecule has 0 N–H and O–H groups in total. The van der Waals surface area contributed by atoms with Gasteiger partial charge in [0, 0.05) is 0 Å². The molecule has 0 unspecified atom stereocenters. The molecule has 0 spiro atoms. The van der Waals surface area contributed by atoms with Crippen molar-refractivity contribution in [2.45, 2.75) is 55.4 Å². The Morgan fingerprint density at radius 1 is 0.429 bits per heavy atom. The molecule has 0 rings (SSSR count). The number of hydrogen-bond donors (Lipinski definition) is 0. The SMILES string of the molecule is CC(C)C#[C][Sn]([C]#CC(C)C)([C]#CC(C)C)[C]#CC(C)C. The molecule has 0 aliphatic heterocycles. The van der Waals surface area contributed by atoms with Crippen LogP contribution in [0.1, 0.15) is 55.4 Å². The van der Waals surface area contributed by atoms with Crippen LogP contribution in [0.4, 0.5) is 0 Å². The van der Waals surface area contributed by atoms with Gasteiger partial charge < -0.3 is 0 Å². The maximum absolute atomic E-state index is 3.44. The first kappa shape index (κ1) is 20.0. The predicted octanol–water partition coefficient (Wildman–Crippen LogP) is 4.23. The van der Waals surface area contributed by atoms with Crippen LogP contribution in [0.25, 0.3) is 0 Å². The zero-order chi connectivity index (χ0) is 16.5. The molecule has 1 heteroatoms. The summed E-state index contributed by atoms with van der Waals surface area (Å²) in [4.78, 5) is 0. The number of rotatable bonds is 0. The van der Waals surface area contributed by atoms with Crippen molar-refractivity contribution in [1.29, 1.82) is 0 Å². The summed E-state index contributed by atoms with van der Waals surface area (Å²) in [6, 6.07) is 0. The van der Waals surface area contributed by atoms with Crippen molar-refractivity contribution in [3.05, 3.63) is 0 Å². The van der Waals surface area contributed by atoms with Crippen LogP contribution in [0.5, 0.6) is 0 Å². The molecule has 0 saturated heterocycles. The Labute approximate surface area is 136 Å². The summed E-state index contributed by atoms with van der Waals surface area (Å²) in [5, 5.41) is 0.